The monoisotopic (exact) mass is 431 g/mol. The van der Waals surface area contributed by atoms with Gasteiger partial charge in [-0.25, -0.2) is 0 Å². The van der Waals surface area contributed by atoms with Gasteiger partial charge in [0.15, 0.2) is 6.10 Å². The SMILES string of the molecule is Cc1ccccc1-c1noc([C@H]2CN(C(=O)Cc3coc4c(C)c(C)ccc34)CCO2)n1. The van der Waals surface area contributed by atoms with Crippen LogP contribution in [0, 0.1) is 20.8 Å². The molecule has 1 fully saturated rings. The highest BCUT2D eigenvalue weighted by atomic mass is 16.5. The molecule has 32 heavy (non-hydrogen) atoms. The van der Waals surface area contributed by atoms with Crippen molar-refractivity contribution in [1.82, 2.24) is 15.0 Å². The molecule has 0 radical (unpaired) electrons. The minimum atomic E-state index is -0.441. The maximum absolute atomic E-state index is 13.1. The van der Waals surface area contributed by atoms with Crippen LogP contribution in [-0.2, 0) is 16.0 Å². The van der Waals surface area contributed by atoms with Gasteiger partial charge in [0.1, 0.15) is 5.58 Å². The van der Waals surface area contributed by atoms with Crippen molar-refractivity contribution in [2.75, 3.05) is 19.7 Å². The molecular formula is C25H25N3O4. The lowest BCUT2D eigenvalue weighted by atomic mass is 10.0. The third-order valence-corrected chi connectivity index (χ3v) is 6.21. The van der Waals surface area contributed by atoms with Gasteiger partial charge in [0.2, 0.25) is 11.7 Å². The van der Waals surface area contributed by atoms with E-state index < -0.39 is 6.10 Å². The quantitative estimate of drug-likeness (QED) is 0.471. The minimum Gasteiger partial charge on any atom is -0.464 e. The molecular weight excluding hydrogens is 406 g/mol. The van der Waals surface area contributed by atoms with Gasteiger partial charge in [0, 0.05) is 23.1 Å². The molecule has 0 unspecified atom stereocenters. The van der Waals surface area contributed by atoms with Crippen molar-refractivity contribution >= 4 is 16.9 Å². The van der Waals surface area contributed by atoms with Crippen LogP contribution < -0.4 is 0 Å². The van der Waals surface area contributed by atoms with Gasteiger partial charge in [-0.1, -0.05) is 41.6 Å². The van der Waals surface area contributed by atoms with Crippen LogP contribution in [0.1, 0.15) is 34.2 Å². The number of amides is 1. The lowest BCUT2D eigenvalue weighted by Crippen LogP contribution is -2.43. The molecule has 1 aliphatic rings. The molecule has 2 aromatic carbocycles. The highest BCUT2D eigenvalue weighted by Crippen LogP contribution is 2.29. The first kappa shape index (κ1) is 20.5. The first-order chi connectivity index (χ1) is 15.5. The van der Waals surface area contributed by atoms with Crippen LogP contribution in [0.25, 0.3) is 22.4 Å². The zero-order valence-corrected chi connectivity index (χ0v) is 18.4. The number of rotatable bonds is 4. The average Bonchev–Trinajstić information content (AvgIpc) is 3.45. The number of morpholine rings is 1. The van der Waals surface area contributed by atoms with E-state index in [0.717, 1.165) is 33.2 Å². The molecule has 7 heteroatoms. The number of carbonyl (C=O) groups excluding carboxylic acids is 1. The normalized spacial score (nSPS) is 16.6. The summed E-state index contributed by atoms with van der Waals surface area (Å²) in [5, 5.41) is 5.11. The van der Waals surface area contributed by atoms with Gasteiger partial charge in [-0.15, -0.1) is 0 Å². The zero-order valence-electron chi connectivity index (χ0n) is 18.4. The van der Waals surface area contributed by atoms with E-state index in [1.807, 2.05) is 44.2 Å². The number of furan rings is 1. The van der Waals surface area contributed by atoms with Crippen molar-refractivity contribution in [3.05, 3.63) is 70.8 Å². The molecule has 1 aliphatic heterocycles. The Morgan fingerprint density at radius 3 is 2.81 bits per heavy atom. The molecule has 7 nitrogen and oxygen atoms in total. The van der Waals surface area contributed by atoms with Crippen LogP contribution in [0.3, 0.4) is 0 Å². The molecule has 4 aromatic rings. The van der Waals surface area contributed by atoms with Crippen LogP contribution >= 0.6 is 0 Å². The van der Waals surface area contributed by atoms with Gasteiger partial charge in [-0.2, -0.15) is 4.98 Å². The molecule has 1 amide bonds. The second-order valence-electron chi connectivity index (χ2n) is 8.29. The molecule has 2 aromatic heterocycles. The summed E-state index contributed by atoms with van der Waals surface area (Å²) in [4.78, 5) is 19.4. The predicted octanol–water partition coefficient (Wildman–Crippen LogP) is 4.55. The van der Waals surface area contributed by atoms with E-state index in [1.165, 1.54) is 5.56 Å². The van der Waals surface area contributed by atoms with Crippen LogP contribution in [0.15, 0.2) is 51.6 Å². The van der Waals surface area contributed by atoms with Crippen LogP contribution in [0.5, 0.6) is 0 Å². The van der Waals surface area contributed by atoms with E-state index in [9.17, 15) is 4.79 Å². The number of nitrogens with zero attached hydrogens (tertiary/aromatic N) is 3. The Morgan fingerprint density at radius 1 is 1.12 bits per heavy atom. The molecule has 164 valence electrons. The van der Waals surface area contributed by atoms with Crippen LogP contribution in [0.4, 0.5) is 0 Å². The van der Waals surface area contributed by atoms with E-state index in [0.29, 0.717) is 31.4 Å². The Morgan fingerprint density at radius 2 is 1.97 bits per heavy atom. The average molecular weight is 431 g/mol. The van der Waals surface area contributed by atoms with Crippen LogP contribution in [0.2, 0.25) is 0 Å². The molecule has 0 N–H and O–H groups in total. The molecule has 1 saturated heterocycles. The van der Waals surface area contributed by atoms with Gasteiger partial charge in [-0.05, 0) is 37.5 Å². The molecule has 5 rings (SSSR count). The van der Waals surface area contributed by atoms with Crippen LogP contribution in [-0.4, -0.2) is 40.6 Å². The van der Waals surface area contributed by atoms with Crippen molar-refractivity contribution in [3.63, 3.8) is 0 Å². The standard InChI is InChI=1S/C25H25N3O4/c1-15-8-9-20-18(14-31-23(20)17(15)3)12-22(29)28-10-11-30-21(13-28)25-26-24(27-32-25)19-7-5-4-6-16(19)2/h4-9,14,21H,10-13H2,1-3H3/t21-/m1/s1. The Bertz CT molecular complexity index is 1290. The molecule has 3 heterocycles. The third kappa shape index (κ3) is 3.69. The summed E-state index contributed by atoms with van der Waals surface area (Å²) < 4.78 is 17.1. The Labute approximate surface area is 186 Å². The van der Waals surface area contributed by atoms with Gasteiger partial charge in [0.05, 0.1) is 25.8 Å². The van der Waals surface area contributed by atoms with Crippen molar-refractivity contribution in [3.8, 4) is 11.4 Å². The van der Waals surface area contributed by atoms with E-state index in [1.54, 1.807) is 11.2 Å². The lowest BCUT2D eigenvalue weighted by molar-refractivity contribution is -0.139. The Kier molecular flexibility index (Phi) is 5.27. The van der Waals surface area contributed by atoms with Crippen molar-refractivity contribution in [2.45, 2.75) is 33.3 Å². The summed E-state index contributed by atoms with van der Waals surface area (Å²) in [6.45, 7) is 7.42. The Hall–Kier alpha value is -3.45. The fourth-order valence-electron chi connectivity index (χ4n) is 4.12. The number of hydrogen-bond donors (Lipinski definition) is 0. The third-order valence-electron chi connectivity index (χ3n) is 6.21. The van der Waals surface area contributed by atoms with Gasteiger partial charge < -0.3 is 18.6 Å². The Balaban J connectivity index is 1.31. The van der Waals surface area contributed by atoms with Crippen molar-refractivity contribution in [1.29, 1.82) is 0 Å². The predicted molar refractivity (Wildman–Crippen MR) is 119 cm³/mol. The maximum atomic E-state index is 13.1. The molecule has 1 atom stereocenters. The number of aromatic nitrogens is 2. The maximum Gasteiger partial charge on any atom is 0.257 e. The number of fused-ring (bicyclic) bond motifs is 1. The lowest BCUT2D eigenvalue weighted by Gasteiger charge is -2.31. The second-order valence-corrected chi connectivity index (χ2v) is 8.29. The fourth-order valence-corrected chi connectivity index (χ4v) is 4.12. The number of ether oxygens (including phenoxy) is 1. The molecule has 0 bridgehead atoms. The first-order valence-electron chi connectivity index (χ1n) is 10.8. The summed E-state index contributed by atoms with van der Waals surface area (Å²) in [6, 6.07) is 12.0. The largest absolute Gasteiger partial charge is 0.464 e. The summed E-state index contributed by atoms with van der Waals surface area (Å²) in [6.07, 6.45) is 1.53. The summed E-state index contributed by atoms with van der Waals surface area (Å²) in [5.41, 5.74) is 6.01. The highest BCUT2D eigenvalue weighted by Gasteiger charge is 2.30. The van der Waals surface area contributed by atoms with E-state index in [-0.39, 0.29) is 12.3 Å². The van der Waals surface area contributed by atoms with E-state index in [4.69, 9.17) is 13.7 Å². The molecule has 0 spiro atoms. The molecule has 0 saturated carbocycles. The zero-order chi connectivity index (χ0) is 22.2. The number of aryl methyl sites for hydroxylation is 3. The van der Waals surface area contributed by atoms with Gasteiger partial charge in [0.25, 0.3) is 5.89 Å². The number of carbonyl (C=O) groups is 1. The number of benzene rings is 2. The number of hydrogen-bond acceptors (Lipinski definition) is 6. The smallest absolute Gasteiger partial charge is 0.257 e. The highest BCUT2D eigenvalue weighted by molar-refractivity contribution is 5.89. The van der Waals surface area contributed by atoms with E-state index >= 15 is 0 Å². The fraction of sp³-hybridized carbons (Fsp3) is 0.320. The minimum absolute atomic E-state index is 0.0258. The molecule has 0 aliphatic carbocycles. The summed E-state index contributed by atoms with van der Waals surface area (Å²) >= 11 is 0. The summed E-state index contributed by atoms with van der Waals surface area (Å²) in [7, 11) is 0. The van der Waals surface area contributed by atoms with Gasteiger partial charge >= 0.3 is 0 Å². The second kappa shape index (κ2) is 8.24. The summed E-state index contributed by atoms with van der Waals surface area (Å²) in [5.74, 6) is 0.944. The first-order valence-corrected chi connectivity index (χ1v) is 10.8. The van der Waals surface area contributed by atoms with Crippen molar-refractivity contribution in [2.24, 2.45) is 0 Å². The van der Waals surface area contributed by atoms with Crippen molar-refractivity contribution < 1.29 is 18.5 Å². The topological polar surface area (TPSA) is 81.6 Å². The van der Waals surface area contributed by atoms with Gasteiger partial charge in [-0.3, -0.25) is 4.79 Å². The van der Waals surface area contributed by atoms with E-state index in [2.05, 4.69) is 23.1 Å².